The van der Waals surface area contributed by atoms with Crippen LogP contribution in [0.2, 0.25) is 0 Å². The molecule has 1 aromatic carbocycles. The van der Waals surface area contributed by atoms with Gasteiger partial charge >= 0.3 is 6.18 Å². The second-order valence-electron chi connectivity index (χ2n) is 4.54. The Kier molecular flexibility index (Phi) is 3.12. The van der Waals surface area contributed by atoms with Crippen LogP contribution in [0, 0.1) is 0 Å². The molecule has 1 aromatic rings. The monoisotopic (exact) mass is 260 g/mol. The number of nitrogens with zero attached hydrogens (tertiary/aromatic N) is 2. The minimum absolute atomic E-state index is 0.395. The Bertz CT molecular complexity index is 423. The van der Waals surface area contributed by atoms with Crippen LogP contribution in [0.25, 0.3) is 0 Å². The Hall–Kier alpha value is -1.11. The molecule has 6 heteroatoms. The number of hydrazine groups is 1. The van der Waals surface area contributed by atoms with Crippen molar-refractivity contribution in [3.8, 4) is 0 Å². The Labute approximate surface area is 103 Å². The van der Waals surface area contributed by atoms with Gasteiger partial charge in [0, 0.05) is 20.5 Å². The third-order valence-electron chi connectivity index (χ3n) is 3.58. The van der Waals surface area contributed by atoms with Gasteiger partial charge in [-0.2, -0.15) is 13.2 Å². The molecule has 18 heavy (non-hydrogen) atoms. The summed E-state index contributed by atoms with van der Waals surface area (Å²) in [5, 5.41) is 12.1. The first-order valence-corrected chi connectivity index (χ1v) is 5.58. The standard InChI is InChI=1S/C12H15F3N2O/c1-16-10(9-6-4-3-5-7-9)8-11(18,17(16)2)12(13,14)15/h3-7,10,18H,8H2,1-2H3/t10-,11+/m0/s1. The van der Waals surface area contributed by atoms with Gasteiger partial charge in [0.05, 0.1) is 6.04 Å². The first-order valence-electron chi connectivity index (χ1n) is 5.58. The fourth-order valence-electron chi connectivity index (χ4n) is 2.31. The van der Waals surface area contributed by atoms with Gasteiger partial charge in [0.25, 0.3) is 0 Å². The molecule has 1 saturated heterocycles. The van der Waals surface area contributed by atoms with Crippen molar-refractivity contribution in [2.45, 2.75) is 24.4 Å². The summed E-state index contributed by atoms with van der Waals surface area (Å²) in [4.78, 5) is 0. The van der Waals surface area contributed by atoms with Crippen molar-refractivity contribution in [2.24, 2.45) is 0 Å². The van der Waals surface area contributed by atoms with Crippen LogP contribution in [-0.2, 0) is 0 Å². The largest absolute Gasteiger partial charge is 0.432 e. The van der Waals surface area contributed by atoms with Gasteiger partial charge in [0.15, 0.2) is 0 Å². The Morgan fingerprint density at radius 3 is 2.22 bits per heavy atom. The van der Waals surface area contributed by atoms with E-state index in [0.717, 1.165) is 10.6 Å². The van der Waals surface area contributed by atoms with Crippen LogP contribution in [0.4, 0.5) is 13.2 Å². The van der Waals surface area contributed by atoms with Crippen molar-refractivity contribution in [3.63, 3.8) is 0 Å². The highest BCUT2D eigenvalue weighted by Crippen LogP contribution is 2.47. The van der Waals surface area contributed by atoms with E-state index in [0.29, 0.717) is 0 Å². The molecule has 0 radical (unpaired) electrons. The minimum atomic E-state index is -4.68. The van der Waals surface area contributed by atoms with E-state index in [-0.39, 0.29) is 0 Å². The van der Waals surface area contributed by atoms with Crippen LogP contribution in [0.5, 0.6) is 0 Å². The van der Waals surface area contributed by atoms with Crippen LogP contribution in [0.15, 0.2) is 30.3 Å². The molecule has 1 aliphatic heterocycles. The van der Waals surface area contributed by atoms with E-state index in [9.17, 15) is 18.3 Å². The van der Waals surface area contributed by atoms with E-state index in [1.165, 1.54) is 12.1 Å². The Morgan fingerprint density at radius 1 is 1.22 bits per heavy atom. The highest BCUT2D eigenvalue weighted by atomic mass is 19.4. The van der Waals surface area contributed by atoms with Gasteiger partial charge in [0.2, 0.25) is 5.72 Å². The second kappa shape index (κ2) is 4.22. The summed E-state index contributed by atoms with van der Waals surface area (Å²) < 4.78 is 38.8. The van der Waals surface area contributed by atoms with Crippen molar-refractivity contribution in [3.05, 3.63) is 35.9 Å². The fourth-order valence-corrected chi connectivity index (χ4v) is 2.31. The summed E-state index contributed by atoms with van der Waals surface area (Å²) in [6.45, 7) is 0. The molecule has 0 spiro atoms. The number of aliphatic hydroxyl groups is 1. The average Bonchev–Trinajstić information content (AvgIpc) is 2.55. The van der Waals surface area contributed by atoms with Gasteiger partial charge in [-0.1, -0.05) is 30.3 Å². The molecule has 1 aliphatic rings. The summed E-state index contributed by atoms with van der Waals surface area (Å²) in [5.41, 5.74) is -2.05. The predicted octanol–water partition coefficient (Wildman–Crippen LogP) is 2.16. The van der Waals surface area contributed by atoms with Crippen LogP contribution in [0.3, 0.4) is 0 Å². The van der Waals surface area contributed by atoms with Crippen molar-refractivity contribution in [2.75, 3.05) is 14.1 Å². The van der Waals surface area contributed by atoms with Gasteiger partial charge < -0.3 is 5.11 Å². The molecular weight excluding hydrogens is 245 g/mol. The number of halogens is 3. The molecule has 2 rings (SSSR count). The maximum Gasteiger partial charge on any atom is 0.432 e. The third kappa shape index (κ3) is 1.90. The van der Waals surface area contributed by atoms with E-state index in [1.807, 2.05) is 0 Å². The van der Waals surface area contributed by atoms with Crippen molar-refractivity contribution in [1.82, 2.24) is 10.0 Å². The molecule has 100 valence electrons. The molecular formula is C12H15F3N2O. The average molecular weight is 260 g/mol. The maximum atomic E-state index is 12.9. The lowest BCUT2D eigenvalue weighted by Gasteiger charge is -2.34. The zero-order valence-corrected chi connectivity index (χ0v) is 10.1. The first-order chi connectivity index (χ1) is 8.27. The van der Waals surface area contributed by atoms with E-state index in [2.05, 4.69) is 0 Å². The first kappa shape index (κ1) is 13.3. The van der Waals surface area contributed by atoms with E-state index in [1.54, 1.807) is 37.4 Å². The second-order valence-corrected chi connectivity index (χ2v) is 4.54. The van der Waals surface area contributed by atoms with Crippen LogP contribution >= 0.6 is 0 Å². The molecule has 0 saturated carbocycles. The van der Waals surface area contributed by atoms with Crippen LogP contribution < -0.4 is 0 Å². The van der Waals surface area contributed by atoms with E-state index in [4.69, 9.17) is 0 Å². The number of benzene rings is 1. The zero-order valence-electron chi connectivity index (χ0n) is 10.1. The highest BCUT2D eigenvalue weighted by Gasteiger charge is 2.63. The Morgan fingerprint density at radius 2 is 1.78 bits per heavy atom. The smallest absolute Gasteiger partial charge is 0.367 e. The Balaban J connectivity index is 2.34. The quantitative estimate of drug-likeness (QED) is 0.838. The molecule has 3 nitrogen and oxygen atoms in total. The summed E-state index contributed by atoms with van der Waals surface area (Å²) in [6, 6.07) is 8.39. The van der Waals surface area contributed by atoms with Gasteiger partial charge in [-0.3, -0.25) is 0 Å². The third-order valence-corrected chi connectivity index (χ3v) is 3.58. The SMILES string of the molecule is CN1[C@H](c2ccccc2)C[C@@](O)(C(F)(F)F)N1C. The lowest BCUT2D eigenvalue weighted by Crippen LogP contribution is -2.56. The molecule has 0 aliphatic carbocycles. The van der Waals surface area contributed by atoms with Crippen LogP contribution in [-0.4, -0.2) is 41.1 Å². The fraction of sp³-hybridized carbons (Fsp3) is 0.500. The van der Waals surface area contributed by atoms with Gasteiger partial charge in [-0.25, -0.2) is 10.0 Å². The number of hydrogen-bond donors (Lipinski definition) is 1. The normalized spacial score (nSPS) is 30.9. The topological polar surface area (TPSA) is 26.7 Å². The summed E-state index contributed by atoms with van der Waals surface area (Å²) in [5.74, 6) is 0. The molecule has 1 N–H and O–H groups in total. The maximum absolute atomic E-state index is 12.9. The van der Waals surface area contributed by atoms with Crippen molar-refractivity contribution < 1.29 is 18.3 Å². The lowest BCUT2D eigenvalue weighted by molar-refractivity contribution is -0.320. The molecule has 0 bridgehead atoms. The number of hydrogen-bond acceptors (Lipinski definition) is 3. The van der Waals surface area contributed by atoms with E-state index < -0.39 is 24.4 Å². The molecule has 0 amide bonds. The predicted molar refractivity (Wildman–Crippen MR) is 60.3 cm³/mol. The minimum Gasteiger partial charge on any atom is -0.367 e. The van der Waals surface area contributed by atoms with Gasteiger partial charge in [-0.05, 0) is 5.56 Å². The molecule has 2 atom stereocenters. The van der Waals surface area contributed by atoms with Gasteiger partial charge in [-0.15, -0.1) is 0 Å². The van der Waals surface area contributed by atoms with Crippen LogP contribution in [0.1, 0.15) is 18.0 Å². The summed E-state index contributed by atoms with van der Waals surface area (Å²) >= 11 is 0. The highest BCUT2D eigenvalue weighted by molar-refractivity contribution is 5.21. The molecule has 0 aromatic heterocycles. The summed E-state index contributed by atoms with van der Waals surface area (Å²) in [6.07, 6.45) is -5.08. The van der Waals surface area contributed by atoms with Crippen molar-refractivity contribution in [1.29, 1.82) is 0 Å². The molecule has 1 fully saturated rings. The molecule has 1 heterocycles. The van der Waals surface area contributed by atoms with E-state index >= 15 is 0 Å². The zero-order chi connectivity index (χ0) is 13.6. The molecule has 0 unspecified atom stereocenters. The lowest BCUT2D eigenvalue weighted by atomic mass is 9.99. The summed E-state index contributed by atoms with van der Waals surface area (Å²) in [7, 11) is 2.79. The number of rotatable bonds is 1. The van der Waals surface area contributed by atoms with Gasteiger partial charge in [0.1, 0.15) is 0 Å². The number of alkyl halides is 3. The van der Waals surface area contributed by atoms with Crippen molar-refractivity contribution >= 4 is 0 Å².